The van der Waals surface area contributed by atoms with Crippen LogP contribution in [0, 0.1) is 0 Å². The minimum absolute atomic E-state index is 0.318. The smallest absolute Gasteiger partial charge is 0.333 e. The number of para-hydroxylation sites is 1. The highest BCUT2D eigenvalue weighted by Crippen LogP contribution is 2.38. The number of rotatable bonds is 0. The van der Waals surface area contributed by atoms with Crippen LogP contribution in [0.25, 0.3) is 22.5 Å². The van der Waals surface area contributed by atoms with E-state index in [0.29, 0.717) is 5.56 Å². The molecule has 22 heavy (non-hydrogen) atoms. The molecule has 0 spiro atoms. The van der Waals surface area contributed by atoms with Crippen LogP contribution in [0.3, 0.4) is 0 Å². The van der Waals surface area contributed by atoms with E-state index in [1.807, 2.05) is 30.4 Å². The van der Waals surface area contributed by atoms with Gasteiger partial charge in [0.05, 0.1) is 22.3 Å². The van der Waals surface area contributed by atoms with E-state index in [-0.39, 0.29) is 11.2 Å². The predicted octanol–water partition coefficient (Wildman–Crippen LogP) is 1.53. The zero-order chi connectivity index (χ0) is 14.8. The third kappa shape index (κ3) is 1.28. The quantitative estimate of drug-likeness (QED) is 0.683. The summed E-state index contributed by atoms with van der Waals surface area (Å²) in [5, 5.41) is 1.10. The van der Waals surface area contributed by atoms with Gasteiger partial charge in [-0.05, 0) is 24.1 Å². The molecular weight excluding hydrogens is 278 g/mol. The zero-order valence-electron chi connectivity index (χ0n) is 11.8. The molecule has 0 bridgehead atoms. The molecule has 5 rings (SSSR count). The summed E-state index contributed by atoms with van der Waals surface area (Å²) in [6.07, 6.45) is 4.69. The number of aromatic nitrogens is 2. The maximum Gasteiger partial charge on any atom is 0.333 e. The maximum atomic E-state index is 12.6. The van der Waals surface area contributed by atoms with Gasteiger partial charge in [-0.3, -0.25) is 14.2 Å². The first-order chi connectivity index (χ1) is 10.8. The first-order valence-electron chi connectivity index (χ1n) is 7.40. The predicted molar refractivity (Wildman–Crippen MR) is 86.7 cm³/mol. The lowest BCUT2D eigenvalue weighted by Gasteiger charge is -2.30. The van der Waals surface area contributed by atoms with Gasteiger partial charge in [0.15, 0.2) is 0 Å². The summed E-state index contributed by atoms with van der Waals surface area (Å²) in [4.78, 5) is 29.6. The molecule has 5 nitrogen and oxygen atoms in total. The molecule has 2 aliphatic heterocycles. The fourth-order valence-corrected chi connectivity index (χ4v) is 3.79. The molecule has 2 aromatic heterocycles. The highest BCUT2D eigenvalue weighted by Gasteiger charge is 2.27. The Hall–Kier alpha value is -2.82. The van der Waals surface area contributed by atoms with Crippen molar-refractivity contribution in [3.8, 4) is 0 Å². The Morgan fingerprint density at radius 3 is 2.91 bits per heavy atom. The number of H-pyrrole nitrogens is 1. The average molecular weight is 291 g/mol. The summed E-state index contributed by atoms with van der Waals surface area (Å²) in [7, 11) is 0. The molecule has 0 aliphatic carbocycles. The lowest BCUT2D eigenvalue weighted by Crippen LogP contribution is -2.32. The fourth-order valence-electron chi connectivity index (χ4n) is 3.79. The van der Waals surface area contributed by atoms with Gasteiger partial charge in [-0.25, -0.2) is 4.79 Å². The van der Waals surface area contributed by atoms with Crippen LogP contribution in [0.4, 0.5) is 5.69 Å². The van der Waals surface area contributed by atoms with Crippen molar-refractivity contribution in [3.05, 3.63) is 62.3 Å². The molecule has 0 unspecified atom stereocenters. The van der Waals surface area contributed by atoms with Crippen LogP contribution in [-0.4, -0.2) is 22.5 Å². The van der Waals surface area contributed by atoms with Crippen LogP contribution < -0.4 is 16.1 Å². The summed E-state index contributed by atoms with van der Waals surface area (Å²) in [6.45, 7) is 1.65. The Kier molecular flexibility index (Phi) is 2.08. The molecule has 108 valence electrons. The molecule has 1 aromatic carbocycles. The van der Waals surface area contributed by atoms with Gasteiger partial charge >= 0.3 is 5.69 Å². The first-order valence-corrected chi connectivity index (χ1v) is 7.40. The molecule has 0 saturated carbocycles. The monoisotopic (exact) mass is 291 g/mol. The first kappa shape index (κ1) is 11.8. The lowest BCUT2D eigenvalue weighted by molar-refractivity contribution is 0.821. The zero-order valence-corrected chi connectivity index (χ0v) is 11.8. The van der Waals surface area contributed by atoms with Gasteiger partial charge in [0.25, 0.3) is 5.56 Å². The van der Waals surface area contributed by atoms with Crippen molar-refractivity contribution in [3.63, 3.8) is 0 Å². The molecule has 4 heterocycles. The highest BCUT2D eigenvalue weighted by molar-refractivity contribution is 6.00. The second kappa shape index (κ2) is 3.88. The second-order valence-electron chi connectivity index (χ2n) is 5.80. The summed E-state index contributed by atoms with van der Waals surface area (Å²) < 4.78 is 1.66. The summed E-state index contributed by atoms with van der Waals surface area (Å²) in [5.74, 6) is 0. The standard InChI is InChI=1S/C17H13N3O2/c21-16-12-5-3-8-19-9-7-11-10-4-1-2-6-13(10)20(17(22)18-16)15(11)14(12)19/h1-6H,7-9H2,(H,18,21,22). The molecular formula is C17H13N3O2. The van der Waals surface area contributed by atoms with E-state index in [9.17, 15) is 9.59 Å². The SMILES string of the molecule is O=c1[nH]c(=O)n2c3c4c1C=CCN4CCc3c1ccccc12. The van der Waals surface area contributed by atoms with Crippen molar-refractivity contribution in [2.75, 3.05) is 18.0 Å². The Labute approximate surface area is 125 Å². The number of nitrogens with zero attached hydrogens (tertiary/aromatic N) is 2. The number of hydrogen-bond donors (Lipinski definition) is 1. The van der Waals surface area contributed by atoms with E-state index in [2.05, 4.69) is 16.0 Å². The Morgan fingerprint density at radius 2 is 2.00 bits per heavy atom. The molecule has 3 aromatic rings. The highest BCUT2D eigenvalue weighted by atomic mass is 16.2. The summed E-state index contributed by atoms with van der Waals surface area (Å²) in [6, 6.07) is 7.90. The van der Waals surface area contributed by atoms with Crippen molar-refractivity contribution in [1.29, 1.82) is 0 Å². The Bertz CT molecular complexity index is 1100. The van der Waals surface area contributed by atoms with Gasteiger partial charge in [-0.1, -0.05) is 24.3 Å². The number of nitrogens with one attached hydrogen (secondary N) is 1. The number of benzene rings is 1. The van der Waals surface area contributed by atoms with Gasteiger partial charge in [0, 0.05) is 18.5 Å². The minimum Gasteiger partial charge on any atom is -0.365 e. The number of anilines is 1. The second-order valence-corrected chi connectivity index (χ2v) is 5.80. The molecule has 0 fully saturated rings. The number of fused-ring (bicyclic) bond motifs is 3. The van der Waals surface area contributed by atoms with Crippen LogP contribution in [0.1, 0.15) is 11.1 Å². The molecule has 0 atom stereocenters. The summed E-state index contributed by atoms with van der Waals surface area (Å²) in [5.41, 5.74) is 3.71. The van der Waals surface area contributed by atoms with Crippen molar-refractivity contribution in [2.24, 2.45) is 0 Å². The average Bonchev–Trinajstić information content (AvgIpc) is 2.83. The largest absolute Gasteiger partial charge is 0.365 e. The van der Waals surface area contributed by atoms with Crippen molar-refractivity contribution in [1.82, 2.24) is 9.38 Å². The molecule has 0 amide bonds. The van der Waals surface area contributed by atoms with Gasteiger partial charge in [0.2, 0.25) is 0 Å². The van der Waals surface area contributed by atoms with E-state index >= 15 is 0 Å². The molecule has 1 N–H and O–H groups in total. The van der Waals surface area contributed by atoms with Gasteiger partial charge in [-0.2, -0.15) is 0 Å². The van der Waals surface area contributed by atoms with Crippen molar-refractivity contribution in [2.45, 2.75) is 6.42 Å². The minimum atomic E-state index is -0.368. The van der Waals surface area contributed by atoms with Gasteiger partial charge in [0.1, 0.15) is 0 Å². The molecule has 2 aliphatic rings. The number of aromatic amines is 1. The van der Waals surface area contributed by atoms with E-state index < -0.39 is 0 Å². The molecule has 0 saturated heterocycles. The van der Waals surface area contributed by atoms with Crippen LogP contribution in [-0.2, 0) is 6.42 Å². The van der Waals surface area contributed by atoms with Crippen molar-refractivity contribution >= 4 is 28.2 Å². The molecule has 5 heteroatoms. The summed E-state index contributed by atoms with van der Waals surface area (Å²) >= 11 is 0. The fraction of sp³-hybridized carbons (Fsp3) is 0.176. The van der Waals surface area contributed by atoms with E-state index in [1.54, 1.807) is 4.40 Å². The third-order valence-corrected chi connectivity index (χ3v) is 4.69. The number of hydrogen-bond acceptors (Lipinski definition) is 3. The topological polar surface area (TPSA) is 57.6 Å². The third-order valence-electron chi connectivity index (χ3n) is 4.69. The van der Waals surface area contributed by atoms with E-state index in [1.165, 1.54) is 5.56 Å². The van der Waals surface area contributed by atoms with Crippen LogP contribution in [0.15, 0.2) is 39.9 Å². The van der Waals surface area contributed by atoms with E-state index in [0.717, 1.165) is 41.6 Å². The Morgan fingerprint density at radius 1 is 1.14 bits per heavy atom. The normalized spacial score (nSPS) is 15.7. The van der Waals surface area contributed by atoms with Gasteiger partial charge in [-0.15, -0.1) is 0 Å². The Balaban J connectivity index is 2.21. The van der Waals surface area contributed by atoms with Crippen LogP contribution in [0.2, 0.25) is 0 Å². The maximum absolute atomic E-state index is 12.6. The molecule has 0 radical (unpaired) electrons. The van der Waals surface area contributed by atoms with Gasteiger partial charge < -0.3 is 4.90 Å². The van der Waals surface area contributed by atoms with Crippen molar-refractivity contribution < 1.29 is 0 Å². The van der Waals surface area contributed by atoms with Crippen LogP contribution in [0.5, 0.6) is 0 Å². The van der Waals surface area contributed by atoms with Crippen LogP contribution >= 0.6 is 0 Å². The lowest BCUT2D eigenvalue weighted by atomic mass is 10.00. The van der Waals surface area contributed by atoms with E-state index in [4.69, 9.17) is 0 Å².